The molecule has 1 aliphatic rings. The van der Waals surface area contributed by atoms with Gasteiger partial charge in [0.15, 0.2) is 0 Å². The average molecular weight is 253 g/mol. The monoisotopic (exact) mass is 253 g/mol. The standard InChI is InChI=1S/C18H21O/c1-11-6-8-15-10-18(5,14(4)17(15)13(11)3)16-9-7-12(2)19-16/h6-10,14H,1-5H3. The van der Waals surface area contributed by atoms with Crippen molar-refractivity contribution in [2.75, 3.05) is 0 Å². The fourth-order valence-corrected chi connectivity index (χ4v) is 3.32. The molecule has 1 nitrogen and oxygen atoms in total. The van der Waals surface area contributed by atoms with E-state index in [1.807, 2.05) is 6.92 Å². The van der Waals surface area contributed by atoms with Crippen LogP contribution in [0.2, 0.25) is 0 Å². The van der Waals surface area contributed by atoms with Crippen LogP contribution in [-0.2, 0) is 5.41 Å². The molecule has 3 rings (SSSR count). The minimum Gasteiger partial charge on any atom is -0.466 e. The van der Waals surface area contributed by atoms with E-state index in [4.69, 9.17) is 4.42 Å². The molecule has 0 N–H and O–H groups in total. The first kappa shape index (κ1) is 12.5. The van der Waals surface area contributed by atoms with Crippen LogP contribution in [0.4, 0.5) is 0 Å². The van der Waals surface area contributed by atoms with Crippen molar-refractivity contribution in [3.63, 3.8) is 0 Å². The van der Waals surface area contributed by atoms with Gasteiger partial charge in [0.05, 0.1) is 0 Å². The van der Waals surface area contributed by atoms with Gasteiger partial charge in [-0.3, -0.25) is 0 Å². The molecule has 0 bridgehead atoms. The maximum Gasteiger partial charge on any atom is 0.111 e. The largest absolute Gasteiger partial charge is 0.466 e. The van der Waals surface area contributed by atoms with E-state index in [-0.39, 0.29) is 5.41 Å². The summed E-state index contributed by atoms with van der Waals surface area (Å²) in [6.45, 7) is 11.0. The molecule has 2 unspecified atom stereocenters. The Bertz CT molecular complexity index is 635. The summed E-state index contributed by atoms with van der Waals surface area (Å²) in [5, 5.41) is 0. The molecule has 1 heterocycles. The van der Waals surface area contributed by atoms with Gasteiger partial charge in [0.2, 0.25) is 0 Å². The van der Waals surface area contributed by atoms with E-state index in [1.54, 1.807) is 0 Å². The molecule has 1 heteroatoms. The predicted molar refractivity (Wildman–Crippen MR) is 78.5 cm³/mol. The molecule has 99 valence electrons. The van der Waals surface area contributed by atoms with Crippen LogP contribution in [0.25, 0.3) is 0 Å². The number of aryl methyl sites for hydroxylation is 2. The summed E-state index contributed by atoms with van der Waals surface area (Å²) < 4.78 is 5.91. The van der Waals surface area contributed by atoms with Gasteiger partial charge < -0.3 is 4.42 Å². The number of rotatable bonds is 1. The highest BCUT2D eigenvalue weighted by Crippen LogP contribution is 2.51. The van der Waals surface area contributed by atoms with Gasteiger partial charge >= 0.3 is 0 Å². The molecular formula is C18H21O. The van der Waals surface area contributed by atoms with E-state index in [0.717, 1.165) is 11.5 Å². The first-order chi connectivity index (χ1) is 8.93. The smallest absolute Gasteiger partial charge is 0.111 e. The van der Waals surface area contributed by atoms with Crippen LogP contribution in [-0.4, -0.2) is 0 Å². The number of furan rings is 1. The van der Waals surface area contributed by atoms with Crippen molar-refractivity contribution in [1.29, 1.82) is 0 Å². The molecule has 0 spiro atoms. The second-order valence-electron chi connectivity index (χ2n) is 6.07. The van der Waals surface area contributed by atoms with Gasteiger partial charge in [-0.2, -0.15) is 0 Å². The van der Waals surface area contributed by atoms with Crippen LogP contribution in [0.5, 0.6) is 0 Å². The van der Waals surface area contributed by atoms with Crippen LogP contribution in [0.3, 0.4) is 0 Å². The van der Waals surface area contributed by atoms with Crippen molar-refractivity contribution in [3.05, 3.63) is 64.5 Å². The average Bonchev–Trinajstić information content (AvgIpc) is 2.90. The summed E-state index contributed by atoms with van der Waals surface area (Å²) in [5.41, 5.74) is 5.62. The summed E-state index contributed by atoms with van der Waals surface area (Å²) in [5.74, 6) is 2.51. The van der Waals surface area contributed by atoms with E-state index >= 15 is 0 Å². The van der Waals surface area contributed by atoms with Crippen LogP contribution >= 0.6 is 0 Å². The normalized spacial score (nSPS) is 25.6. The van der Waals surface area contributed by atoms with Gasteiger partial charge in [-0.25, -0.2) is 0 Å². The number of hydrogen-bond donors (Lipinski definition) is 0. The highest BCUT2D eigenvalue weighted by atomic mass is 16.3. The minimum absolute atomic E-state index is 0.0326. The van der Waals surface area contributed by atoms with Crippen molar-refractivity contribution in [2.24, 2.45) is 0 Å². The molecule has 0 fully saturated rings. The Balaban J connectivity index is 2.13. The van der Waals surface area contributed by atoms with Crippen LogP contribution in [0.1, 0.15) is 53.5 Å². The van der Waals surface area contributed by atoms with Gasteiger partial charge in [0, 0.05) is 11.8 Å². The third-order valence-corrected chi connectivity index (χ3v) is 4.88. The third kappa shape index (κ3) is 1.68. The van der Waals surface area contributed by atoms with E-state index in [1.165, 1.54) is 22.3 Å². The number of fused-ring (bicyclic) bond motifs is 1. The Hall–Kier alpha value is -1.50. The highest BCUT2D eigenvalue weighted by molar-refractivity contribution is 5.55. The zero-order valence-electron chi connectivity index (χ0n) is 12.4. The number of hydrogen-bond acceptors (Lipinski definition) is 1. The summed E-state index contributed by atoms with van der Waals surface area (Å²) in [7, 11) is 0. The molecule has 1 radical (unpaired) electrons. The lowest BCUT2D eigenvalue weighted by Gasteiger charge is -2.27. The summed E-state index contributed by atoms with van der Waals surface area (Å²) in [6, 6.07) is 8.64. The lowest BCUT2D eigenvalue weighted by atomic mass is 9.76. The van der Waals surface area contributed by atoms with Crippen molar-refractivity contribution in [3.8, 4) is 0 Å². The molecule has 0 saturated carbocycles. The number of benzene rings is 1. The zero-order valence-corrected chi connectivity index (χ0v) is 12.4. The molecule has 2 atom stereocenters. The SMILES string of the molecule is Cc1ccc(C2(C)[CH]c3ccc(C)c(C)c3C2C)o1. The lowest BCUT2D eigenvalue weighted by Crippen LogP contribution is -2.23. The fraction of sp³-hybridized carbons (Fsp3) is 0.389. The molecular weight excluding hydrogens is 232 g/mol. The van der Waals surface area contributed by atoms with Gasteiger partial charge in [-0.15, -0.1) is 0 Å². The van der Waals surface area contributed by atoms with Crippen molar-refractivity contribution in [2.45, 2.75) is 46.0 Å². The van der Waals surface area contributed by atoms with Gasteiger partial charge in [-0.1, -0.05) is 26.0 Å². The Labute approximate surface area is 115 Å². The predicted octanol–water partition coefficient (Wildman–Crippen LogP) is 4.83. The molecule has 19 heavy (non-hydrogen) atoms. The Morgan fingerprint density at radius 3 is 2.42 bits per heavy atom. The fourth-order valence-electron chi connectivity index (χ4n) is 3.32. The van der Waals surface area contributed by atoms with Crippen molar-refractivity contribution >= 4 is 0 Å². The molecule has 1 aliphatic carbocycles. The quantitative estimate of drug-likeness (QED) is 0.709. The molecule has 0 saturated heterocycles. The van der Waals surface area contributed by atoms with E-state index in [9.17, 15) is 0 Å². The van der Waals surface area contributed by atoms with Gasteiger partial charge in [-0.05, 0) is 61.1 Å². The van der Waals surface area contributed by atoms with Crippen LogP contribution in [0, 0.1) is 27.2 Å². The van der Waals surface area contributed by atoms with E-state index in [2.05, 4.69) is 58.4 Å². The topological polar surface area (TPSA) is 13.1 Å². The third-order valence-electron chi connectivity index (χ3n) is 4.88. The zero-order chi connectivity index (χ0) is 13.8. The lowest BCUT2D eigenvalue weighted by molar-refractivity contribution is 0.364. The van der Waals surface area contributed by atoms with Crippen molar-refractivity contribution in [1.82, 2.24) is 0 Å². The summed E-state index contributed by atoms with van der Waals surface area (Å²) in [4.78, 5) is 0. The van der Waals surface area contributed by atoms with Gasteiger partial charge in [0.25, 0.3) is 0 Å². The Morgan fingerprint density at radius 2 is 1.79 bits per heavy atom. The summed E-state index contributed by atoms with van der Waals surface area (Å²) in [6.07, 6.45) is 2.37. The molecule has 0 amide bonds. The van der Waals surface area contributed by atoms with E-state index in [0.29, 0.717) is 5.92 Å². The van der Waals surface area contributed by atoms with Crippen molar-refractivity contribution < 1.29 is 4.42 Å². The van der Waals surface area contributed by atoms with E-state index < -0.39 is 0 Å². The first-order valence-corrected chi connectivity index (χ1v) is 6.96. The summed E-state index contributed by atoms with van der Waals surface area (Å²) >= 11 is 0. The van der Waals surface area contributed by atoms with Crippen LogP contribution in [0.15, 0.2) is 28.7 Å². The maximum atomic E-state index is 5.91. The Kier molecular flexibility index (Phi) is 2.63. The first-order valence-electron chi connectivity index (χ1n) is 6.96. The van der Waals surface area contributed by atoms with Crippen LogP contribution < -0.4 is 0 Å². The molecule has 2 aromatic rings. The maximum absolute atomic E-state index is 5.91. The highest BCUT2D eigenvalue weighted by Gasteiger charge is 2.44. The molecule has 0 aliphatic heterocycles. The molecule has 1 aromatic heterocycles. The minimum atomic E-state index is -0.0326. The van der Waals surface area contributed by atoms with Gasteiger partial charge in [0.1, 0.15) is 11.5 Å². The Morgan fingerprint density at radius 1 is 1.05 bits per heavy atom. The second kappa shape index (κ2) is 4.00. The molecule has 1 aromatic carbocycles. The second-order valence-corrected chi connectivity index (χ2v) is 6.07.